The number of anilines is 1. The first-order valence-electron chi connectivity index (χ1n) is 5.90. The summed E-state index contributed by atoms with van der Waals surface area (Å²) in [5.41, 5.74) is 0.691. The molecule has 0 bridgehead atoms. The third-order valence-electron chi connectivity index (χ3n) is 2.41. The fourth-order valence-corrected chi connectivity index (χ4v) is 1.63. The number of aromatic nitrogens is 2. The minimum Gasteiger partial charge on any atom is -0.481 e. The largest absolute Gasteiger partial charge is 0.481 e. The van der Waals surface area contributed by atoms with Crippen molar-refractivity contribution in [1.29, 1.82) is 0 Å². The average Bonchev–Trinajstić information content (AvgIpc) is 2.46. The molecule has 0 aliphatic heterocycles. The van der Waals surface area contributed by atoms with Gasteiger partial charge in [-0.05, 0) is 23.8 Å². The van der Waals surface area contributed by atoms with Gasteiger partial charge in [-0.25, -0.2) is 9.37 Å². The molecule has 1 aromatic carbocycles. The number of nitrogens with zero attached hydrogens (tertiary/aromatic N) is 2. The molecular formula is C14H11ClFN3O2. The van der Waals surface area contributed by atoms with Crippen molar-refractivity contribution in [1.82, 2.24) is 9.97 Å². The Balaban J connectivity index is 2.04. The summed E-state index contributed by atoms with van der Waals surface area (Å²) < 4.78 is 17.7. The Bertz CT molecular complexity index is 674. The Morgan fingerprint density at radius 2 is 2.05 bits per heavy atom. The van der Waals surface area contributed by atoms with E-state index >= 15 is 0 Å². The molecular weight excluding hydrogens is 297 g/mol. The lowest BCUT2D eigenvalue weighted by atomic mass is 10.2. The lowest BCUT2D eigenvalue weighted by molar-refractivity contribution is -0.111. The first kappa shape index (κ1) is 14.9. The third kappa shape index (κ3) is 4.54. The van der Waals surface area contributed by atoms with Crippen LogP contribution < -0.4 is 10.1 Å². The van der Waals surface area contributed by atoms with Crippen LogP contribution in [-0.4, -0.2) is 23.0 Å². The summed E-state index contributed by atoms with van der Waals surface area (Å²) in [6, 6.07) is 7.15. The van der Waals surface area contributed by atoms with E-state index < -0.39 is 5.91 Å². The Morgan fingerprint density at radius 1 is 1.33 bits per heavy atom. The van der Waals surface area contributed by atoms with E-state index in [1.165, 1.54) is 37.5 Å². The predicted octanol–water partition coefficient (Wildman–Crippen LogP) is 2.93. The highest BCUT2D eigenvalue weighted by atomic mass is 35.5. The van der Waals surface area contributed by atoms with Crippen LogP contribution in [0.5, 0.6) is 5.88 Å². The van der Waals surface area contributed by atoms with Crippen LogP contribution in [0, 0.1) is 5.82 Å². The summed E-state index contributed by atoms with van der Waals surface area (Å²) in [4.78, 5) is 19.5. The smallest absolute Gasteiger partial charge is 0.250 e. The van der Waals surface area contributed by atoms with Crippen molar-refractivity contribution in [3.63, 3.8) is 0 Å². The minimum absolute atomic E-state index is 0.0353. The number of rotatable bonds is 4. The van der Waals surface area contributed by atoms with Crippen molar-refractivity contribution in [3.05, 3.63) is 52.9 Å². The molecule has 2 aromatic rings. The topological polar surface area (TPSA) is 64.1 Å². The molecule has 0 atom stereocenters. The SMILES string of the molecule is COc1cc(Cl)nc(NC(=O)/C=C/c2ccc(F)cc2)n1. The number of ether oxygens (including phenoxy) is 1. The molecule has 108 valence electrons. The zero-order valence-corrected chi connectivity index (χ0v) is 11.8. The molecule has 1 amide bonds. The van der Waals surface area contributed by atoms with Crippen molar-refractivity contribution in [2.75, 3.05) is 12.4 Å². The third-order valence-corrected chi connectivity index (χ3v) is 2.61. The van der Waals surface area contributed by atoms with Crippen LogP contribution in [0.25, 0.3) is 6.08 Å². The summed E-state index contributed by atoms with van der Waals surface area (Å²) in [7, 11) is 1.43. The predicted molar refractivity (Wildman–Crippen MR) is 77.7 cm³/mol. The molecule has 0 aliphatic carbocycles. The van der Waals surface area contributed by atoms with Crippen LogP contribution in [0.2, 0.25) is 5.15 Å². The fourth-order valence-electron chi connectivity index (χ4n) is 1.46. The number of amides is 1. The first-order valence-corrected chi connectivity index (χ1v) is 6.28. The van der Waals surface area contributed by atoms with Gasteiger partial charge in [0.1, 0.15) is 11.0 Å². The van der Waals surface area contributed by atoms with Crippen molar-refractivity contribution >= 4 is 29.5 Å². The number of nitrogens with one attached hydrogen (secondary N) is 1. The number of benzene rings is 1. The number of carbonyl (C=O) groups is 1. The Hall–Kier alpha value is -2.47. The molecule has 0 radical (unpaired) electrons. The van der Waals surface area contributed by atoms with E-state index in [1.807, 2.05) is 0 Å². The van der Waals surface area contributed by atoms with Crippen LogP contribution in [0.1, 0.15) is 5.56 Å². The molecule has 0 fully saturated rings. The van der Waals surface area contributed by atoms with E-state index in [-0.39, 0.29) is 22.8 Å². The molecule has 0 unspecified atom stereocenters. The van der Waals surface area contributed by atoms with Gasteiger partial charge in [0.2, 0.25) is 11.8 Å². The molecule has 0 spiro atoms. The summed E-state index contributed by atoms with van der Waals surface area (Å²) in [5, 5.41) is 2.61. The van der Waals surface area contributed by atoms with Crippen LogP contribution in [-0.2, 0) is 4.79 Å². The highest BCUT2D eigenvalue weighted by Gasteiger charge is 2.05. The second-order valence-corrected chi connectivity index (χ2v) is 4.32. The number of methoxy groups -OCH3 is 1. The normalized spacial score (nSPS) is 10.6. The summed E-state index contributed by atoms with van der Waals surface area (Å²) in [5.74, 6) is -0.499. The number of halogens is 2. The molecule has 2 rings (SSSR count). The average molecular weight is 308 g/mol. The highest BCUT2D eigenvalue weighted by molar-refractivity contribution is 6.29. The van der Waals surface area contributed by atoms with Crippen LogP contribution >= 0.6 is 11.6 Å². The lowest BCUT2D eigenvalue weighted by Crippen LogP contribution is -2.11. The molecule has 0 saturated heterocycles. The molecule has 0 saturated carbocycles. The van der Waals surface area contributed by atoms with E-state index in [0.29, 0.717) is 5.56 Å². The molecule has 1 N–H and O–H groups in total. The van der Waals surface area contributed by atoms with E-state index in [1.54, 1.807) is 12.1 Å². The summed E-state index contributed by atoms with van der Waals surface area (Å²) >= 11 is 5.76. The van der Waals surface area contributed by atoms with Crippen molar-refractivity contribution in [2.24, 2.45) is 0 Å². The maximum Gasteiger partial charge on any atom is 0.250 e. The molecule has 21 heavy (non-hydrogen) atoms. The number of hydrogen-bond acceptors (Lipinski definition) is 4. The van der Waals surface area contributed by atoms with Gasteiger partial charge < -0.3 is 4.74 Å². The molecule has 5 nitrogen and oxygen atoms in total. The van der Waals surface area contributed by atoms with Gasteiger partial charge >= 0.3 is 0 Å². The van der Waals surface area contributed by atoms with Gasteiger partial charge in [0.05, 0.1) is 7.11 Å². The van der Waals surface area contributed by atoms with E-state index in [0.717, 1.165) is 0 Å². The van der Waals surface area contributed by atoms with Gasteiger partial charge in [-0.3, -0.25) is 10.1 Å². The monoisotopic (exact) mass is 307 g/mol. The van der Waals surface area contributed by atoms with Crippen LogP contribution in [0.15, 0.2) is 36.4 Å². The minimum atomic E-state index is -0.441. The number of carbonyl (C=O) groups excluding carboxylic acids is 1. The molecule has 7 heteroatoms. The number of hydrogen-bond donors (Lipinski definition) is 1. The zero-order chi connectivity index (χ0) is 15.2. The quantitative estimate of drug-likeness (QED) is 0.697. The maximum absolute atomic E-state index is 12.7. The molecule has 1 aromatic heterocycles. The van der Waals surface area contributed by atoms with E-state index in [9.17, 15) is 9.18 Å². The van der Waals surface area contributed by atoms with Crippen molar-refractivity contribution < 1.29 is 13.9 Å². The van der Waals surface area contributed by atoms with Crippen LogP contribution in [0.3, 0.4) is 0 Å². The van der Waals surface area contributed by atoms with Gasteiger partial charge in [-0.15, -0.1) is 0 Å². The fraction of sp³-hybridized carbons (Fsp3) is 0.0714. The van der Waals surface area contributed by atoms with Gasteiger partial charge in [0.15, 0.2) is 0 Å². The van der Waals surface area contributed by atoms with E-state index in [2.05, 4.69) is 15.3 Å². The molecule has 0 aliphatic rings. The standard InChI is InChI=1S/C14H11ClFN3O2/c1-21-13-8-11(15)17-14(19-13)18-12(20)7-4-9-2-5-10(16)6-3-9/h2-8H,1H3,(H,17,18,19,20)/b7-4+. The summed E-state index contributed by atoms with van der Waals surface area (Å²) in [6.45, 7) is 0. The van der Waals surface area contributed by atoms with Gasteiger partial charge in [0.25, 0.3) is 5.91 Å². The van der Waals surface area contributed by atoms with Crippen molar-refractivity contribution in [2.45, 2.75) is 0 Å². The Morgan fingerprint density at radius 3 is 2.71 bits per heavy atom. The van der Waals surface area contributed by atoms with Crippen LogP contribution in [0.4, 0.5) is 10.3 Å². The van der Waals surface area contributed by atoms with Gasteiger partial charge in [0, 0.05) is 12.1 Å². The molecule has 1 heterocycles. The van der Waals surface area contributed by atoms with Crippen molar-refractivity contribution in [3.8, 4) is 5.88 Å². The maximum atomic E-state index is 12.7. The first-order chi connectivity index (χ1) is 10.1. The van der Waals surface area contributed by atoms with Gasteiger partial charge in [-0.1, -0.05) is 23.7 Å². The van der Waals surface area contributed by atoms with Gasteiger partial charge in [-0.2, -0.15) is 4.98 Å². The summed E-state index contributed by atoms with van der Waals surface area (Å²) in [6.07, 6.45) is 2.82. The highest BCUT2D eigenvalue weighted by Crippen LogP contribution is 2.15. The second-order valence-electron chi connectivity index (χ2n) is 3.93. The zero-order valence-electron chi connectivity index (χ0n) is 11.0. The Labute approximate surface area is 125 Å². The second kappa shape index (κ2) is 6.81. The van der Waals surface area contributed by atoms with E-state index in [4.69, 9.17) is 16.3 Å². The lowest BCUT2D eigenvalue weighted by Gasteiger charge is -2.03. The Kier molecular flexibility index (Phi) is 4.84.